The van der Waals surface area contributed by atoms with Crippen LogP contribution in [0, 0.1) is 5.82 Å². The number of aryl methyl sites for hydroxylation is 2. The van der Waals surface area contributed by atoms with Crippen molar-refractivity contribution < 1.29 is 23.5 Å². The van der Waals surface area contributed by atoms with E-state index in [1.165, 1.54) is 23.1 Å². The van der Waals surface area contributed by atoms with Crippen molar-refractivity contribution >= 4 is 17.8 Å². The number of aromatic nitrogens is 3. The lowest BCUT2D eigenvalue weighted by atomic mass is 9.96. The highest BCUT2D eigenvalue weighted by molar-refractivity contribution is 6.09. The Kier molecular flexibility index (Phi) is 5.02. The Labute approximate surface area is 205 Å². The van der Waals surface area contributed by atoms with Crippen LogP contribution in [-0.4, -0.2) is 62.1 Å². The Bertz CT molecular complexity index is 1420. The summed E-state index contributed by atoms with van der Waals surface area (Å²) in [6.45, 7) is 0.193. The molecular formula is C25H23FN6O4. The van der Waals surface area contributed by atoms with E-state index in [1.807, 2.05) is 19.3 Å². The Morgan fingerprint density at radius 2 is 2.06 bits per heavy atom. The number of fused-ring (bicyclic) bond motifs is 3. The SMILES string of the molecule is Cn1cc(-c2cnc3c(c2)CC[C@]32NC(=O)N(CC(=O)N3CCOc4ccc(F)cc4C3)C2=O)cn1. The molecule has 3 aromatic rings. The summed E-state index contributed by atoms with van der Waals surface area (Å²) in [5.74, 6) is -0.824. The third kappa shape index (κ3) is 3.50. The topological polar surface area (TPSA) is 110 Å². The van der Waals surface area contributed by atoms with E-state index in [-0.39, 0.29) is 19.7 Å². The van der Waals surface area contributed by atoms with Gasteiger partial charge in [-0.2, -0.15) is 5.10 Å². The molecular weight excluding hydrogens is 467 g/mol. The fourth-order valence-electron chi connectivity index (χ4n) is 5.16. The van der Waals surface area contributed by atoms with Crippen molar-refractivity contribution in [3.05, 3.63) is 65.5 Å². The van der Waals surface area contributed by atoms with Crippen LogP contribution in [0.25, 0.3) is 11.1 Å². The van der Waals surface area contributed by atoms with Gasteiger partial charge in [0.05, 0.1) is 18.4 Å². The summed E-state index contributed by atoms with van der Waals surface area (Å²) >= 11 is 0. The maximum Gasteiger partial charge on any atom is 0.325 e. The van der Waals surface area contributed by atoms with E-state index in [9.17, 15) is 18.8 Å². The van der Waals surface area contributed by atoms with Crippen LogP contribution in [0.15, 0.2) is 42.9 Å². The molecule has 2 aliphatic heterocycles. The predicted octanol–water partition coefficient (Wildman–Crippen LogP) is 1.74. The number of nitrogens with zero attached hydrogens (tertiary/aromatic N) is 5. The maximum atomic E-state index is 13.7. The molecule has 184 valence electrons. The first-order chi connectivity index (χ1) is 17.3. The fourth-order valence-corrected chi connectivity index (χ4v) is 5.16. The minimum Gasteiger partial charge on any atom is -0.491 e. The molecule has 0 radical (unpaired) electrons. The monoisotopic (exact) mass is 490 g/mol. The first kappa shape index (κ1) is 22.2. The first-order valence-electron chi connectivity index (χ1n) is 11.7. The third-order valence-corrected chi connectivity index (χ3v) is 7.00. The number of carbonyl (C=O) groups excluding carboxylic acids is 3. The van der Waals surface area contributed by atoms with Gasteiger partial charge in [0.1, 0.15) is 24.7 Å². The number of rotatable bonds is 3. The molecule has 1 aliphatic carbocycles. The molecule has 11 heteroatoms. The summed E-state index contributed by atoms with van der Waals surface area (Å²) in [7, 11) is 1.83. The van der Waals surface area contributed by atoms with Gasteiger partial charge in [0.25, 0.3) is 5.91 Å². The molecule has 36 heavy (non-hydrogen) atoms. The minimum atomic E-state index is -1.28. The number of urea groups is 1. The average Bonchev–Trinajstić information content (AvgIpc) is 3.46. The molecule has 6 rings (SSSR count). The normalized spacial score (nSPS) is 20.7. The van der Waals surface area contributed by atoms with Crippen LogP contribution >= 0.6 is 0 Å². The summed E-state index contributed by atoms with van der Waals surface area (Å²) < 4.78 is 21.0. The lowest BCUT2D eigenvalue weighted by Gasteiger charge is -2.24. The Morgan fingerprint density at radius 1 is 1.19 bits per heavy atom. The van der Waals surface area contributed by atoms with Gasteiger partial charge in [-0.1, -0.05) is 0 Å². The molecule has 4 heterocycles. The number of halogens is 1. The molecule has 0 bridgehead atoms. The van der Waals surface area contributed by atoms with Crippen molar-refractivity contribution in [3.8, 4) is 16.9 Å². The quantitative estimate of drug-likeness (QED) is 0.560. The van der Waals surface area contributed by atoms with Gasteiger partial charge in [0.15, 0.2) is 5.54 Å². The molecule has 10 nitrogen and oxygen atoms in total. The second-order valence-electron chi connectivity index (χ2n) is 9.28. The summed E-state index contributed by atoms with van der Waals surface area (Å²) in [4.78, 5) is 46.5. The molecule has 1 saturated heterocycles. The van der Waals surface area contributed by atoms with Crippen LogP contribution in [-0.2, 0) is 35.1 Å². The van der Waals surface area contributed by atoms with Gasteiger partial charge in [-0.05, 0) is 42.7 Å². The molecule has 4 amide bonds. The van der Waals surface area contributed by atoms with Crippen molar-refractivity contribution in [2.45, 2.75) is 24.9 Å². The van der Waals surface area contributed by atoms with Gasteiger partial charge in [-0.15, -0.1) is 0 Å². The van der Waals surface area contributed by atoms with Crippen molar-refractivity contribution in [2.75, 3.05) is 19.7 Å². The molecule has 3 aliphatic rings. The van der Waals surface area contributed by atoms with Crippen molar-refractivity contribution in [1.29, 1.82) is 0 Å². The Hall–Kier alpha value is -4.28. The highest BCUT2D eigenvalue weighted by Gasteiger charge is 2.57. The molecule has 1 spiro atoms. The van der Waals surface area contributed by atoms with Crippen LogP contribution < -0.4 is 10.1 Å². The number of ether oxygens (including phenoxy) is 1. The van der Waals surface area contributed by atoms with E-state index >= 15 is 0 Å². The van der Waals surface area contributed by atoms with E-state index in [2.05, 4.69) is 15.4 Å². The second kappa shape index (κ2) is 8.14. The van der Waals surface area contributed by atoms with Crippen molar-refractivity contribution in [1.82, 2.24) is 29.9 Å². The van der Waals surface area contributed by atoms with E-state index < -0.39 is 35.7 Å². The number of hydrogen-bond donors (Lipinski definition) is 1. The predicted molar refractivity (Wildman–Crippen MR) is 124 cm³/mol. The lowest BCUT2D eigenvalue weighted by molar-refractivity contribution is -0.139. The van der Waals surface area contributed by atoms with Crippen molar-refractivity contribution in [3.63, 3.8) is 0 Å². The van der Waals surface area contributed by atoms with Gasteiger partial charge in [0, 0.05) is 42.7 Å². The molecule has 2 aromatic heterocycles. The molecule has 0 unspecified atom stereocenters. The first-order valence-corrected chi connectivity index (χ1v) is 11.7. The zero-order chi connectivity index (χ0) is 25.0. The Morgan fingerprint density at radius 3 is 2.86 bits per heavy atom. The fraction of sp³-hybridized carbons (Fsp3) is 0.320. The van der Waals surface area contributed by atoms with Crippen LogP contribution in [0.4, 0.5) is 9.18 Å². The van der Waals surface area contributed by atoms with Gasteiger partial charge in [0.2, 0.25) is 5.91 Å². The van der Waals surface area contributed by atoms with Crippen LogP contribution in [0.3, 0.4) is 0 Å². The summed E-state index contributed by atoms with van der Waals surface area (Å²) in [6.07, 6.45) is 6.22. The number of pyridine rings is 1. The minimum absolute atomic E-state index is 0.127. The maximum absolute atomic E-state index is 13.7. The smallest absolute Gasteiger partial charge is 0.325 e. The number of carbonyl (C=O) groups is 3. The van der Waals surface area contributed by atoms with Gasteiger partial charge >= 0.3 is 6.03 Å². The van der Waals surface area contributed by atoms with E-state index in [1.54, 1.807) is 17.1 Å². The van der Waals surface area contributed by atoms with Crippen LogP contribution in [0.2, 0.25) is 0 Å². The zero-order valence-corrected chi connectivity index (χ0v) is 19.5. The summed E-state index contributed by atoms with van der Waals surface area (Å²) in [6, 6.07) is 5.50. The average molecular weight is 490 g/mol. The van der Waals surface area contributed by atoms with Gasteiger partial charge in [-0.3, -0.25) is 24.2 Å². The lowest BCUT2D eigenvalue weighted by Crippen LogP contribution is -2.45. The van der Waals surface area contributed by atoms with Crippen molar-refractivity contribution in [2.24, 2.45) is 7.05 Å². The highest BCUT2D eigenvalue weighted by Crippen LogP contribution is 2.41. The van der Waals surface area contributed by atoms with Gasteiger partial charge in [-0.25, -0.2) is 9.18 Å². The molecule has 0 saturated carbocycles. The number of hydrogen-bond acceptors (Lipinski definition) is 6. The van der Waals surface area contributed by atoms with E-state index in [0.29, 0.717) is 29.8 Å². The summed E-state index contributed by atoms with van der Waals surface area (Å²) in [5, 5.41) is 6.99. The number of imide groups is 1. The standard InChI is InChI=1S/C25H23FN6O4/c1-30-12-18(11-28-30)16-8-15-4-5-25(22(15)27-10-16)23(34)32(24(35)29-25)14-21(33)31-6-7-36-20-3-2-19(26)9-17(20)13-31/h2-3,8-12H,4-7,13-14H2,1H3,(H,29,35)/t25-/m0/s1. The van der Waals surface area contributed by atoms with Crippen LogP contribution in [0.1, 0.15) is 23.2 Å². The van der Waals surface area contributed by atoms with E-state index in [0.717, 1.165) is 21.6 Å². The van der Waals surface area contributed by atoms with Gasteiger partial charge < -0.3 is 15.0 Å². The van der Waals surface area contributed by atoms with E-state index in [4.69, 9.17) is 4.74 Å². The number of amides is 4. The Balaban J connectivity index is 1.22. The largest absolute Gasteiger partial charge is 0.491 e. The summed E-state index contributed by atoms with van der Waals surface area (Å²) in [5.41, 5.74) is 2.43. The zero-order valence-electron chi connectivity index (χ0n) is 19.5. The molecule has 1 aromatic carbocycles. The highest BCUT2D eigenvalue weighted by atomic mass is 19.1. The third-order valence-electron chi connectivity index (χ3n) is 7.00. The second-order valence-corrected chi connectivity index (χ2v) is 9.28. The molecule has 1 N–H and O–H groups in total. The number of nitrogens with one attached hydrogen (secondary N) is 1. The molecule has 1 fully saturated rings. The van der Waals surface area contributed by atoms with Crippen LogP contribution in [0.5, 0.6) is 5.75 Å². The molecule has 1 atom stereocenters. The number of benzene rings is 1.